The molecule has 0 saturated heterocycles. The van der Waals surface area contributed by atoms with Crippen LogP contribution in [-0.4, -0.2) is 12.1 Å². The second-order valence-corrected chi connectivity index (χ2v) is 3.33. The topological polar surface area (TPSA) is 41.3 Å². The van der Waals surface area contributed by atoms with Crippen LogP contribution in [0.25, 0.3) is 0 Å². The third-order valence-electron chi connectivity index (χ3n) is 2.21. The molecule has 0 atom stereocenters. The number of rotatable bonds is 0. The molecule has 2 rings (SSSR count). The summed E-state index contributed by atoms with van der Waals surface area (Å²) in [5.74, 6) is 0. The van der Waals surface area contributed by atoms with Crippen LogP contribution >= 0.6 is 0 Å². The Hall–Kier alpha value is -1.22. The van der Waals surface area contributed by atoms with Crippen LogP contribution in [0.2, 0.25) is 0 Å². The van der Waals surface area contributed by atoms with Crippen LogP contribution in [-0.2, 0) is 6.54 Å². The van der Waals surface area contributed by atoms with Crippen molar-refractivity contribution in [2.24, 2.45) is 0 Å². The molecule has 3 nitrogen and oxygen atoms in total. The van der Waals surface area contributed by atoms with Gasteiger partial charge in [-0.15, -0.1) is 0 Å². The Morgan fingerprint density at radius 1 is 1.50 bits per heavy atom. The molecule has 0 aliphatic carbocycles. The van der Waals surface area contributed by atoms with E-state index in [9.17, 15) is 0 Å². The van der Waals surface area contributed by atoms with E-state index in [-0.39, 0.29) is 0 Å². The van der Waals surface area contributed by atoms with Gasteiger partial charge in [-0.25, -0.2) is 5.01 Å². The standard InChI is InChI=1S/C9H13N3/c1-6-3-7-5-12(2)11-9(7)4-8(6)10/h3-4,11H,5,10H2,1-2H3. The number of hydrogen-bond donors (Lipinski definition) is 2. The van der Waals surface area contributed by atoms with Crippen molar-refractivity contribution in [2.45, 2.75) is 13.5 Å². The highest BCUT2D eigenvalue weighted by Gasteiger charge is 2.15. The van der Waals surface area contributed by atoms with Gasteiger partial charge < -0.3 is 11.2 Å². The first-order chi connectivity index (χ1) is 5.66. The van der Waals surface area contributed by atoms with Gasteiger partial charge in [0.25, 0.3) is 0 Å². The summed E-state index contributed by atoms with van der Waals surface area (Å²) in [7, 11) is 2.02. The molecule has 12 heavy (non-hydrogen) atoms. The number of hydrogen-bond acceptors (Lipinski definition) is 3. The lowest BCUT2D eigenvalue weighted by Gasteiger charge is -2.06. The molecule has 1 heterocycles. The van der Waals surface area contributed by atoms with Crippen molar-refractivity contribution in [2.75, 3.05) is 18.2 Å². The minimum Gasteiger partial charge on any atom is -0.398 e. The first-order valence-electron chi connectivity index (χ1n) is 4.03. The van der Waals surface area contributed by atoms with Gasteiger partial charge in [0.05, 0.1) is 5.69 Å². The molecule has 1 aromatic carbocycles. The number of aryl methyl sites for hydroxylation is 1. The van der Waals surface area contributed by atoms with Gasteiger partial charge in [0, 0.05) is 19.3 Å². The number of fused-ring (bicyclic) bond motifs is 1. The normalized spacial score (nSPS) is 15.8. The van der Waals surface area contributed by atoms with Gasteiger partial charge >= 0.3 is 0 Å². The quantitative estimate of drug-likeness (QED) is 0.567. The Kier molecular flexibility index (Phi) is 1.48. The third-order valence-corrected chi connectivity index (χ3v) is 2.21. The second kappa shape index (κ2) is 2.38. The zero-order valence-electron chi connectivity index (χ0n) is 7.39. The highest BCUT2D eigenvalue weighted by molar-refractivity contribution is 5.64. The van der Waals surface area contributed by atoms with Crippen LogP contribution in [0, 0.1) is 6.92 Å². The molecule has 0 spiro atoms. The van der Waals surface area contributed by atoms with Crippen molar-refractivity contribution in [3.63, 3.8) is 0 Å². The molecule has 0 fully saturated rings. The Labute approximate surface area is 72.1 Å². The van der Waals surface area contributed by atoms with Crippen molar-refractivity contribution in [1.29, 1.82) is 0 Å². The summed E-state index contributed by atoms with van der Waals surface area (Å²) >= 11 is 0. The smallest absolute Gasteiger partial charge is 0.0556 e. The number of benzene rings is 1. The molecular weight excluding hydrogens is 150 g/mol. The molecule has 64 valence electrons. The number of nitrogens with zero attached hydrogens (tertiary/aromatic N) is 1. The summed E-state index contributed by atoms with van der Waals surface area (Å²) in [5, 5.41) is 2.05. The summed E-state index contributed by atoms with van der Waals surface area (Å²) in [5.41, 5.74) is 13.5. The van der Waals surface area contributed by atoms with Crippen molar-refractivity contribution in [3.05, 3.63) is 23.3 Å². The lowest BCUT2D eigenvalue weighted by atomic mass is 10.1. The van der Waals surface area contributed by atoms with Gasteiger partial charge in [0.1, 0.15) is 0 Å². The predicted molar refractivity (Wildman–Crippen MR) is 50.7 cm³/mol. The Bertz CT molecular complexity index is 289. The van der Waals surface area contributed by atoms with Gasteiger partial charge in [0.2, 0.25) is 0 Å². The van der Waals surface area contributed by atoms with Crippen molar-refractivity contribution in [3.8, 4) is 0 Å². The van der Waals surface area contributed by atoms with Crippen LogP contribution in [0.4, 0.5) is 11.4 Å². The number of nitrogens with two attached hydrogens (primary N) is 1. The highest BCUT2D eigenvalue weighted by atomic mass is 15.5. The molecule has 0 radical (unpaired) electrons. The number of hydrazine groups is 1. The van der Waals surface area contributed by atoms with E-state index in [2.05, 4.69) is 11.5 Å². The zero-order valence-corrected chi connectivity index (χ0v) is 7.39. The molecule has 1 aliphatic rings. The van der Waals surface area contributed by atoms with Crippen LogP contribution in [0.5, 0.6) is 0 Å². The van der Waals surface area contributed by atoms with E-state index >= 15 is 0 Å². The van der Waals surface area contributed by atoms with Crippen LogP contribution in [0.3, 0.4) is 0 Å². The van der Waals surface area contributed by atoms with Crippen molar-refractivity contribution in [1.82, 2.24) is 5.01 Å². The van der Waals surface area contributed by atoms with E-state index in [1.54, 1.807) is 0 Å². The lowest BCUT2D eigenvalue weighted by molar-refractivity contribution is 0.422. The Morgan fingerprint density at radius 3 is 3.00 bits per heavy atom. The van der Waals surface area contributed by atoms with Crippen molar-refractivity contribution >= 4 is 11.4 Å². The molecule has 0 aromatic heterocycles. The Balaban J connectivity index is 2.48. The monoisotopic (exact) mass is 163 g/mol. The highest BCUT2D eigenvalue weighted by Crippen LogP contribution is 2.28. The maximum absolute atomic E-state index is 5.78. The molecular formula is C9H13N3. The first kappa shape index (κ1) is 7.43. The van der Waals surface area contributed by atoms with Crippen LogP contribution in [0.15, 0.2) is 12.1 Å². The summed E-state index contributed by atoms with van der Waals surface area (Å²) in [4.78, 5) is 0. The minimum atomic E-state index is 0.858. The summed E-state index contributed by atoms with van der Waals surface area (Å²) in [6.07, 6.45) is 0. The van der Waals surface area contributed by atoms with Crippen LogP contribution < -0.4 is 11.2 Å². The fourth-order valence-electron chi connectivity index (χ4n) is 1.52. The maximum Gasteiger partial charge on any atom is 0.0556 e. The minimum absolute atomic E-state index is 0.858. The van der Waals surface area contributed by atoms with E-state index in [1.807, 2.05) is 25.0 Å². The molecule has 0 unspecified atom stereocenters. The molecule has 0 bridgehead atoms. The van der Waals surface area contributed by atoms with Crippen LogP contribution in [0.1, 0.15) is 11.1 Å². The first-order valence-corrected chi connectivity index (χ1v) is 4.03. The van der Waals surface area contributed by atoms with E-state index < -0.39 is 0 Å². The summed E-state index contributed by atoms with van der Waals surface area (Å²) in [6.45, 7) is 2.99. The van der Waals surface area contributed by atoms with Gasteiger partial charge in [-0.1, -0.05) is 6.07 Å². The summed E-state index contributed by atoms with van der Waals surface area (Å²) < 4.78 is 0. The zero-order chi connectivity index (χ0) is 8.72. The largest absolute Gasteiger partial charge is 0.398 e. The fourth-order valence-corrected chi connectivity index (χ4v) is 1.52. The van der Waals surface area contributed by atoms with E-state index in [0.29, 0.717) is 0 Å². The second-order valence-electron chi connectivity index (χ2n) is 3.33. The van der Waals surface area contributed by atoms with E-state index in [1.165, 1.54) is 5.56 Å². The molecule has 0 saturated carbocycles. The number of anilines is 2. The molecule has 3 heteroatoms. The van der Waals surface area contributed by atoms with E-state index in [4.69, 9.17) is 5.73 Å². The Morgan fingerprint density at radius 2 is 2.25 bits per heavy atom. The maximum atomic E-state index is 5.78. The van der Waals surface area contributed by atoms with Gasteiger partial charge in [0.15, 0.2) is 0 Å². The van der Waals surface area contributed by atoms with Gasteiger partial charge in [-0.2, -0.15) is 0 Å². The fraction of sp³-hybridized carbons (Fsp3) is 0.333. The predicted octanol–water partition coefficient (Wildman–Crippen LogP) is 1.35. The molecule has 3 N–H and O–H groups in total. The molecule has 1 aromatic rings. The van der Waals surface area contributed by atoms with Gasteiger partial charge in [-0.05, 0) is 24.1 Å². The average Bonchev–Trinajstić information content (AvgIpc) is 2.30. The lowest BCUT2D eigenvalue weighted by Crippen LogP contribution is -2.16. The third kappa shape index (κ3) is 1.02. The molecule has 1 aliphatic heterocycles. The van der Waals surface area contributed by atoms with Gasteiger partial charge in [-0.3, -0.25) is 0 Å². The number of nitrogen functional groups attached to an aromatic ring is 1. The molecule has 0 amide bonds. The SMILES string of the molecule is Cc1cc2c(cc1N)NN(C)C2. The van der Waals surface area contributed by atoms with E-state index in [0.717, 1.165) is 23.5 Å². The average molecular weight is 163 g/mol. The summed E-state index contributed by atoms with van der Waals surface area (Å²) in [6, 6.07) is 4.13. The van der Waals surface area contributed by atoms with Crippen molar-refractivity contribution < 1.29 is 0 Å². The number of nitrogens with one attached hydrogen (secondary N) is 1.